The van der Waals surface area contributed by atoms with Gasteiger partial charge in [0.25, 0.3) is 0 Å². The normalized spacial score (nSPS) is 17.5. The molecule has 0 aliphatic heterocycles. The highest BCUT2D eigenvalue weighted by molar-refractivity contribution is 7.98. The van der Waals surface area contributed by atoms with Crippen molar-refractivity contribution in [2.45, 2.75) is 35.8 Å². The Morgan fingerprint density at radius 3 is 3.14 bits per heavy atom. The molecule has 1 aliphatic carbocycles. The van der Waals surface area contributed by atoms with Crippen LogP contribution in [0.4, 0.5) is 0 Å². The first-order valence-corrected chi connectivity index (χ1v) is 8.91. The van der Waals surface area contributed by atoms with Crippen molar-refractivity contribution in [3.63, 3.8) is 0 Å². The van der Waals surface area contributed by atoms with E-state index < -0.39 is 11.9 Å². The number of halogens is 1. The van der Waals surface area contributed by atoms with Gasteiger partial charge in [0.1, 0.15) is 5.01 Å². The molecule has 0 saturated heterocycles. The molecule has 1 aromatic carbocycles. The second kappa shape index (κ2) is 6.38. The first-order valence-electron chi connectivity index (χ1n) is 6.73. The number of fused-ring (bicyclic) bond motifs is 1. The monoisotopic (exact) mass is 339 g/mol. The van der Waals surface area contributed by atoms with Crippen molar-refractivity contribution in [3.05, 3.63) is 44.9 Å². The number of hydrogen-bond donors (Lipinski definition) is 1. The SMILES string of the molecule is O=C(O)C1CCCc2sc(CSc3cccc(Cl)c3)nc21. The van der Waals surface area contributed by atoms with Gasteiger partial charge in [-0.2, -0.15) is 0 Å². The number of hydrogen-bond acceptors (Lipinski definition) is 4. The maximum atomic E-state index is 11.3. The molecule has 2 aromatic rings. The van der Waals surface area contributed by atoms with Crippen LogP contribution >= 0.6 is 34.7 Å². The van der Waals surface area contributed by atoms with Crippen LogP contribution in [0.25, 0.3) is 0 Å². The Hall–Kier alpha value is -1.04. The first-order chi connectivity index (χ1) is 10.1. The van der Waals surface area contributed by atoms with Gasteiger partial charge in [0, 0.05) is 14.8 Å². The quantitative estimate of drug-likeness (QED) is 0.827. The van der Waals surface area contributed by atoms with E-state index in [1.165, 1.54) is 0 Å². The lowest BCUT2D eigenvalue weighted by Gasteiger charge is -2.16. The molecule has 1 N–H and O–H groups in total. The van der Waals surface area contributed by atoms with Crippen LogP contribution in [0.2, 0.25) is 5.02 Å². The van der Waals surface area contributed by atoms with Crippen molar-refractivity contribution in [2.24, 2.45) is 0 Å². The van der Waals surface area contributed by atoms with Crippen LogP contribution in [0.3, 0.4) is 0 Å². The second-order valence-corrected chi connectivity index (χ2v) is 7.60. The number of thiazole rings is 1. The van der Waals surface area contributed by atoms with Gasteiger partial charge in [0.15, 0.2) is 0 Å². The smallest absolute Gasteiger partial charge is 0.312 e. The van der Waals surface area contributed by atoms with Gasteiger partial charge < -0.3 is 5.11 Å². The van der Waals surface area contributed by atoms with Crippen molar-refractivity contribution < 1.29 is 9.90 Å². The summed E-state index contributed by atoms with van der Waals surface area (Å²) in [5.41, 5.74) is 0.792. The van der Waals surface area contributed by atoms with Gasteiger partial charge in [0.05, 0.1) is 17.4 Å². The molecule has 0 spiro atoms. The summed E-state index contributed by atoms with van der Waals surface area (Å²) in [6, 6.07) is 7.73. The van der Waals surface area contributed by atoms with Gasteiger partial charge >= 0.3 is 5.97 Å². The highest BCUT2D eigenvalue weighted by Gasteiger charge is 2.29. The summed E-state index contributed by atoms with van der Waals surface area (Å²) >= 11 is 9.30. The molecule has 1 aliphatic rings. The zero-order chi connectivity index (χ0) is 14.8. The van der Waals surface area contributed by atoms with Crippen molar-refractivity contribution >= 4 is 40.7 Å². The fraction of sp³-hybridized carbons (Fsp3) is 0.333. The van der Waals surface area contributed by atoms with E-state index in [1.54, 1.807) is 23.1 Å². The third-order valence-electron chi connectivity index (χ3n) is 3.46. The van der Waals surface area contributed by atoms with Crippen molar-refractivity contribution in [3.8, 4) is 0 Å². The molecule has 1 unspecified atom stereocenters. The molecule has 0 amide bonds. The largest absolute Gasteiger partial charge is 0.481 e. The van der Waals surface area contributed by atoms with Crippen molar-refractivity contribution in [1.29, 1.82) is 0 Å². The van der Waals surface area contributed by atoms with Crippen LogP contribution in [-0.4, -0.2) is 16.1 Å². The molecule has 1 aromatic heterocycles. The number of carboxylic acid groups (broad SMARTS) is 1. The van der Waals surface area contributed by atoms with Crippen LogP contribution < -0.4 is 0 Å². The fourth-order valence-electron chi connectivity index (χ4n) is 2.47. The molecule has 0 radical (unpaired) electrons. The van der Waals surface area contributed by atoms with Gasteiger partial charge in [-0.25, -0.2) is 4.98 Å². The van der Waals surface area contributed by atoms with E-state index in [4.69, 9.17) is 11.6 Å². The van der Waals surface area contributed by atoms with Gasteiger partial charge in [-0.15, -0.1) is 23.1 Å². The van der Waals surface area contributed by atoms with E-state index in [0.29, 0.717) is 6.42 Å². The lowest BCUT2D eigenvalue weighted by Crippen LogP contribution is -2.17. The molecule has 3 rings (SSSR count). The number of aliphatic carboxylic acids is 1. The average Bonchev–Trinajstić information content (AvgIpc) is 2.87. The summed E-state index contributed by atoms with van der Waals surface area (Å²) in [4.78, 5) is 18.1. The molecule has 0 fully saturated rings. The minimum Gasteiger partial charge on any atom is -0.481 e. The Kier molecular flexibility index (Phi) is 4.52. The molecule has 0 saturated carbocycles. The number of rotatable bonds is 4. The average molecular weight is 340 g/mol. The summed E-state index contributed by atoms with van der Waals surface area (Å²) in [6.07, 6.45) is 2.60. The summed E-state index contributed by atoms with van der Waals surface area (Å²) in [6.45, 7) is 0. The van der Waals surface area contributed by atoms with Crippen molar-refractivity contribution in [1.82, 2.24) is 4.98 Å². The highest BCUT2D eigenvalue weighted by atomic mass is 35.5. The number of carbonyl (C=O) groups is 1. The third-order valence-corrected chi connectivity index (χ3v) is 6.01. The van der Waals surface area contributed by atoms with E-state index in [-0.39, 0.29) is 0 Å². The van der Waals surface area contributed by atoms with Crippen LogP contribution in [0.1, 0.15) is 34.3 Å². The number of thioether (sulfide) groups is 1. The van der Waals surface area contributed by atoms with Gasteiger partial charge in [-0.05, 0) is 37.5 Å². The fourth-order valence-corrected chi connectivity index (χ4v) is 4.85. The zero-order valence-corrected chi connectivity index (χ0v) is 13.6. The maximum Gasteiger partial charge on any atom is 0.312 e. The lowest BCUT2D eigenvalue weighted by atomic mass is 9.91. The molecule has 6 heteroatoms. The van der Waals surface area contributed by atoms with E-state index >= 15 is 0 Å². The summed E-state index contributed by atoms with van der Waals surface area (Å²) in [5.74, 6) is -0.421. The zero-order valence-electron chi connectivity index (χ0n) is 11.2. The Bertz CT molecular complexity index is 671. The minimum atomic E-state index is -0.754. The molecule has 1 heterocycles. The third kappa shape index (κ3) is 3.42. The van der Waals surface area contributed by atoms with E-state index in [0.717, 1.165) is 44.1 Å². The van der Waals surface area contributed by atoms with Gasteiger partial charge in [-0.1, -0.05) is 17.7 Å². The number of aromatic nitrogens is 1. The summed E-state index contributed by atoms with van der Waals surface area (Å²) < 4.78 is 0. The molecular formula is C15H14ClNO2S2. The Morgan fingerprint density at radius 1 is 1.52 bits per heavy atom. The Balaban J connectivity index is 1.74. The summed E-state index contributed by atoms with van der Waals surface area (Å²) in [7, 11) is 0. The number of nitrogens with zero attached hydrogens (tertiary/aromatic N) is 1. The molecule has 21 heavy (non-hydrogen) atoms. The Morgan fingerprint density at radius 2 is 2.38 bits per heavy atom. The predicted octanol–water partition coefficient (Wildman–Crippen LogP) is 4.59. The van der Waals surface area contributed by atoms with E-state index in [2.05, 4.69) is 4.98 Å². The Labute approximate surface area is 136 Å². The highest BCUT2D eigenvalue weighted by Crippen LogP contribution is 2.36. The van der Waals surface area contributed by atoms with Crippen LogP contribution in [-0.2, 0) is 17.0 Å². The standard InChI is InChI=1S/C15H14ClNO2S2/c16-9-3-1-4-10(7-9)20-8-13-17-14-11(15(18)19)5-2-6-12(14)21-13/h1,3-4,7,11H,2,5-6,8H2,(H,18,19). The minimum absolute atomic E-state index is 0.421. The number of aryl methyl sites for hydroxylation is 1. The van der Waals surface area contributed by atoms with Crippen LogP contribution in [0.15, 0.2) is 29.2 Å². The maximum absolute atomic E-state index is 11.3. The van der Waals surface area contributed by atoms with Crippen molar-refractivity contribution in [2.75, 3.05) is 0 Å². The van der Waals surface area contributed by atoms with E-state index in [9.17, 15) is 9.90 Å². The molecule has 110 valence electrons. The first kappa shape index (κ1) is 14.9. The van der Waals surface area contributed by atoms with Gasteiger partial charge in [-0.3, -0.25) is 4.79 Å². The molecular weight excluding hydrogens is 326 g/mol. The predicted molar refractivity (Wildman–Crippen MR) is 86.4 cm³/mol. The van der Waals surface area contributed by atoms with Gasteiger partial charge in [0.2, 0.25) is 0 Å². The number of carboxylic acids is 1. The second-order valence-electron chi connectivity index (χ2n) is 4.95. The van der Waals surface area contributed by atoms with Crippen LogP contribution in [0.5, 0.6) is 0 Å². The molecule has 3 nitrogen and oxygen atoms in total. The summed E-state index contributed by atoms with van der Waals surface area (Å²) in [5, 5.41) is 11.0. The van der Waals surface area contributed by atoms with Crippen LogP contribution in [0, 0.1) is 0 Å². The van der Waals surface area contributed by atoms with E-state index in [1.807, 2.05) is 24.3 Å². The number of benzene rings is 1. The lowest BCUT2D eigenvalue weighted by molar-refractivity contribution is -0.139. The topological polar surface area (TPSA) is 50.2 Å². The molecule has 0 bridgehead atoms. The molecule has 1 atom stereocenters.